The average molecular weight is 122 g/mol. The molecule has 49 valence electrons. The lowest BCUT2D eigenvalue weighted by Crippen LogP contribution is -2.32. The van der Waals surface area contributed by atoms with Gasteiger partial charge in [-0.25, -0.2) is 4.90 Å². The largest absolute Gasteiger partial charge is 0.302 e. The molecule has 0 atom stereocenters. The zero-order chi connectivity index (χ0) is 6.78. The Morgan fingerprint density at radius 2 is 1.88 bits per heavy atom. The lowest BCUT2D eigenvalue weighted by atomic mass is 10.5. The van der Waals surface area contributed by atoms with Crippen molar-refractivity contribution in [3.63, 3.8) is 0 Å². The molecule has 0 aromatic heterocycles. The average Bonchev–Trinajstić information content (AvgIpc) is 1.62. The van der Waals surface area contributed by atoms with Gasteiger partial charge in [-0.2, -0.15) is 8.78 Å². The minimum absolute atomic E-state index is 0.854. The Morgan fingerprint density at radius 1 is 1.50 bits per heavy atom. The summed E-state index contributed by atoms with van der Waals surface area (Å²) in [5, 5.41) is 0. The molecule has 0 saturated heterocycles. The maximum atomic E-state index is 12.0. The van der Waals surface area contributed by atoms with Crippen LogP contribution in [0.5, 0.6) is 0 Å². The van der Waals surface area contributed by atoms with Crippen molar-refractivity contribution in [2.24, 2.45) is 0 Å². The van der Waals surface area contributed by atoms with Crippen molar-refractivity contribution in [1.29, 1.82) is 0 Å². The van der Waals surface area contributed by atoms with Gasteiger partial charge in [-0.15, -0.1) is 0 Å². The van der Waals surface area contributed by atoms with Crippen LogP contribution in [0.25, 0.3) is 0 Å². The third-order valence-electron chi connectivity index (χ3n) is 1.01. The molecule has 0 aliphatic heterocycles. The Labute approximate surface area is 48.3 Å². The van der Waals surface area contributed by atoms with E-state index in [-0.39, 0.29) is 0 Å². The molecule has 8 heavy (non-hydrogen) atoms. The van der Waals surface area contributed by atoms with E-state index in [4.69, 9.17) is 0 Å². The van der Waals surface area contributed by atoms with Gasteiger partial charge in [0, 0.05) is 13.5 Å². The first-order valence-corrected chi connectivity index (χ1v) is 2.38. The fourth-order valence-electron chi connectivity index (χ4n) is 0.227. The quantitative estimate of drug-likeness (QED) is 0.504. The highest BCUT2D eigenvalue weighted by Gasteiger charge is 2.25. The molecule has 1 radical (unpaired) electrons. The standard InChI is InChI=1S/C5H10F2N/c1-4-8(3)5(2,6)7/h4H,1-3H3. The first kappa shape index (κ1) is 7.82. The van der Waals surface area contributed by atoms with E-state index in [0.717, 1.165) is 11.8 Å². The van der Waals surface area contributed by atoms with E-state index < -0.39 is 6.05 Å². The van der Waals surface area contributed by atoms with Gasteiger partial charge in [-0.05, 0) is 14.0 Å². The van der Waals surface area contributed by atoms with E-state index in [1.807, 2.05) is 0 Å². The molecule has 0 aliphatic carbocycles. The maximum absolute atomic E-state index is 12.0. The van der Waals surface area contributed by atoms with Gasteiger partial charge in [-0.1, -0.05) is 0 Å². The monoisotopic (exact) mass is 122 g/mol. The van der Waals surface area contributed by atoms with Crippen molar-refractivity contribution < 1.29 is 8.78 Å². The third-order valence-corrected chi connectivity index (χ3v) is 1.01. The number of halogens is 2. The smallest absolute Gasteiger partial charge is 0.244 e. The minimum Gasteiger partial charge on any atom is -0.244 e. The first-order chi connectivity index (χ1) is 3.48. The molecule has 0 aromatic rings. The van der Waals surface area contributed by atoms with E-state index in [1.54, 1.807) is 6.92 Å². The van der Waals surface area contributed by atoms with Crippen molar-refractivity contribution in [2.75, 3.05) is 7.05 Å². The normalized spacial score (nSPS) is 12.8. The van der Waals surface area contributed by atoms with Crippen molar-refractivity contribution in [3.05, 3.63) is 6.54 Å². The molecule has 0 N–H and O–H groups in total. The van der Waals surface area contributed by atoms with Crippen molar-refractivity contribution in [1.82, 2.24) is 4.90 Å². The summed E-state index contributed by atoms with van der Waals surface area (Å²) in [6.45, 7) is 3.75. The molecular weight excluding hydrogens is 112 g/mol. The molecule has 0 fully saturated rings. The molecule has 0 heterocycles. The Kier molecular flexibility index (Phi) is 2.34. The van der Waals surface area contributed by atoms with Crippen molar-refractivity contribution in [2.45, 2.75) is 19.9 Å². The van der Waals surface area contributed by atoms with Crippen LogP contribution < -0.4 is 0 Å². The van der Waals surface area contributed by atoms with E-state index in [9.17, 15) is 8.78 Å². The summed E-state index contributed by atoms with van der Waals surface area (Å²) in [4.78, 5) is 0.854. The molecule has 0 amide bonds. The van der Waals surface area contributed by atoms with E-state index in [1.165, 1.54) is 13.6 Å². The van der Waals surface area contributed by atoms with Crippen LogP contribution in [0.4, 0.5) is 8.78 Å². The number of hydrogen-bond acceptors (Lipinski definition) is 1. The van der Waals surface area contributed by atoms with Gasteiger partial charge in [0.15, 0.2) is 0 Å². The fourth-order valence-corrected chi connectivity index (χ4v) is 0.227. The second-order valence-corrected chi connectivity index (χ2v) is 1.71. The van der Waals surface area contributed by atoms with Crippen LogP contribution in [0, 0.1) is 6.54 Å². The predicted octanol–water partition coefficient (Wildman–Crippen LogP) is 1.71. The van der Waals surface area contributed by atoms with Crippen molar-refractivity contribution >= 4 is 0 Å². The van der Waals surface area contributed by atoms with Gasteiger partial charge in [0.05, 0.1) is 0 Å². The maximum Gasteiger partial charge on any atom is 0.302 e. The van der Waals surface area contributed by atoms with Crippen molar-refractivity contribution in [3.8, 4) is 0 Å². The summed E-state index contributed by atoms with van der Waals surface area (Å²) >= 11 is 0. The van der Waals surface area contributed by atoms with Crippen LogP contribution in [0.15, 0.2) is 0 Å². The number of rotatable bonds is 2. The van der Waals surface area contributed by atoms with Crippen LogP contribution >= 0.6 is 0 Å². The molecule has 0 aromatic carbocycles. The highest BCUT2D eigenvalue weighted by Crippen LogP contribution is 2.16. The Balaban J connectivity index is 3.62. The highest BCUT2D eigenvalue weighted by molar-refractivity contribution is 4.63. The molecule has 0 bridgehead atoms. The van der Waals surface area contributed by atoms with Crippen LogP contribution in [-0.2, 0) is 0 Å². The molecule has 0 unspecified atom stereocenters. The zero-order valence-electron chi connectivity index (χ0n) is 5.28. The van der Waals surface area contributed by atoms with E-state index in [2.05, 4.69) is 0 Å². The van der Waals surface area contributed by atoms with Crippen LogP contribution in [-0.4, -0.2) is 18.0 Å². The van der Waals surface area contributed by atoms with Crippen LogP contribution in [0.2, 0.25) is 0 Å². The molecule has 1 nitrogen and oxygen atoms in total. The van der Waals surface area contributed by atoms with Crippen LogP contribution in [0.1, 0.15) is 13.8 Å². The van der Waals surface area contributed by atoms with E-state index in [0.29, 0.717) is 0 Å². The number of hydrogen-bond donors (Lipinski definition) is 0. The predicted molar refractivity (Wildman–Crippen MR) is 28.4 cm³/mol. The molecule has 0 aliphatic rings. The summed E-state index contributed by atoms with van der Waals surface area (Å²) in [7, 11) is 1.33. The van der Waals surface area contributed by atoms with Gasteiger partial charge < -0.3 is 0 Å². The topological polar surface area (TPSA) is 3.24 Å². The second-order valence-electron chi connectivity index (χ2n) is 1.71. The molecule has 0 rings (SSSR count). The molecule has 0 spiro atoms. The lowest BCUT2D eigenvalue weighted by molar-refractivity contribution is -0.101. The van der Waals surface area contributed by atoms with Gasteiger partial charge in [0.25, 0.3) is 0 Å². The molecule has 0 saturated carbocycles. The summed E-state index contributed by atoms with van der Waals surface area (Å²) in [5.74, 6) is 0. The van der Waals surface area contributed by atoms with Gasteiger partial charge in [0.1, 0.15) is 0 Å². The van der Waals surface area contributed by atoms with Gasteiger partial charge >= 0.3 is 6.05 Å². The van der Waals surface area contributed by atoms with Gasteiger partial charge in [-0.3, -0.25) is 0 Å². The summed E-state index contributed by atoms with van der Waals surface area (Å²) < 4.78 is 24.0. The van der Waals surface area contributed by atoms with E-state index >= 15 is 0 Å². The van der Waals surface area contributed by atoms with Gasteiger partial charge in [0.2, 0.25) is 0 Å². The summed E-state index contributed by atoms with van der Waals surface area (Å²) in [6.07, 6.45) is 0. The summed E-state index contributed by atoms with van der Waals surface area (Å²) in [5.41, 5.74) is 0. The zero-order valence-corrected chi connectivity index (χ0v) is 5.28. The number of alkyl halides is 2. The lowest BCUT2D eigenvalue weighted by Gasteiger charge is -2.20. The summed E-state index contributed by atoms with van der Waals surface area (Å²) in [6, 6.07) is -2.71. The Morgan fingerprint density at radius 3 is 1.88 bits per heavy atom. The second kappa shape index (κ2) is 2.40. The number of nitrogens with zero attached hydrogens (tertiary/aromatic N) is 1. The third kappa shape index (κ3) is 2.21. The molecular formula is C5H10F2N. The fraction of sp³-hybridized carbons (Fsp3) is 0.800. The minimum atomic E-state index is -2.71. The molecule has 3 heteroatoms. The SMILES string of the molecule is C[CH]N(C)C(C)(F)F. The first-order valence-electron chi connectivity index (χ1n) is 2.38. The van der Waals surface area contributed by atoms with Crippen LogP contribution in [0.3, 0.4) is 0 Å². The Bertz CT molecular complexity index is 67.3. The highest BCUT2D eigenvalue weighted by atomic mass is 19.3. The Hall–Kier alpha value is -0.180.